The molecule has 0 saturated heterocycles. The minimum Gasteiger partial charge on any atom is -0.486 e. The van der Waals surface area contributed by atoms with Crippen molar-refractivity contribution in [3.8, 4) is 11.5 Å². The Labute approximate surface area is 186 Å². The van der Waals surface area contributed by atoms with E-state index in [-0.39, 0.29) is 11.3 Å². The van der Waals surface area contributed by atoms with Crippen LogP contribution < -0.4 is 14.8 Å². The Balaban J connectivity index is 1.57. The second-order valence-corrected chi connectivity index (χ2v) is 7.12. The summed E-state index contributed by atoms with van der Waals surface area (Å²) in [7, 11) is 0. The lowest BCUT2D eigenvalue weighted by atomic mass is 10.1. The average molecular weight is 457 g/mol. The summed E-state index contributed by atoms with van der Waals surface area (Å²) < 4.78 is 55.4. The van der Waals surface area contributed by atoms with Crippen LogP contribution in [-0.2, 0) is 15.7 Å². The van der Waals surface area contributed by atoms with Crippen LogP contribution in [0.5, 0.6) is 11.5 Å². The van der Waals surface area contributed by atoms with E-state index in [0.29, 0.717) is 30.3 Å². The maximum atomic E-state index is 13.0. The van der Waals surface area contributed by atoms with Crippen LogP contribution in [0.2, 0.25) is 0 Å². The first-order valence-electron chi connectivity index (χ1n) is 9.95. The van der Waals surface area contributed by atoms with Gasteiger partial charge in [-0.1, -0.05) is 36.4 Å². The van der Waals surface area contributed by atoms with Crippen LogP contribution >= 0.6 is 0 Å². The van der Waals surface area contributed by atoms with Gasteiger partial charge in [-0.3, -0.25) is 4.79 Å². The smallest absolute Gasteiger partial charge is 0.416 e. The Kier molecular flexibility index (Phi) is 6.21. The molecular weight excluding hydrogens is 439 g/mol. The van der Waals surface area contributed by atoms with E-state index in [1.54, 1.807) is 36.4 Å². The number of hydrogen-bond donors (Lipinski definition) is 1. The topological polar surface area (TPSA) is 73.9 Å². The Bertz CT molecular complexity index is 1160. The van der Waals surface area contributed by atoms with Crippen molar-refractivity contribution in [3.63, 3.8) is 0 Å². The molecule has 170 valence electrons. The molecule has 6 nitrogen and oxygen atoms in total. The number of nitrogens with one attached hydrogen (secondary N) is 1. The van der Waals surface area contributed by atoms with Crippen LogP contribution in [0.3, 0.4) is 0 Å². The molecule has 0 bridgehead atoms. The lowest BCUT2D eigenvalue weighted by molar-refractivity contribution is -0.137. The Morgan fingerprint density at radius 1 is 0.879 bits per heavy atom. The lowest BCUT2D eigenvalue weighted by Gasteiger charge is -2.20. The van der Waals surface area contributed by atoms with Gasteiger partial charge in [0.15, 0.2) is 11.5 Å². The van der Waals surface area contributed by atoms with Crippen molar-refractivity contribution in [2.75, 3.05) is 18.5 Å². The largest absolute Gasteiger partial charge is 0.486 e. The first kappa shape index (κ1) is 22.2. The Morgan fingerprint density at radius 3 is 2.33 bits per heavy atom. The van der Waals surface area contributed by atoms with E-state index in [9.17, 15) is 22.8 Å². The summed E-state index contributed by atoms with van der Waals surface area (Å²) in [6, 6.07) is 16.9. The molecule has 1 aliphatic rings. The summed E-state index contributed by atoms with van der Waals surface area (Å²) in [5, 5.41) is 2.40. The second-order valence-electron chi connectivity index (χ2n) is 7.12. The average Bonchev–Trinajstić information content (AvgIpc) is 2.82. The highest BCUT2D eigenvalue weighted by atomic mass is 19.4. The molecule has 4 rings (SSSR count). The summed E-state index contributed by atoms with van der Waals surface area (Å²) in [6.45, 7) is 0.722. The van der Waals surface area contributed by atoms with Gasteiger partial charge in [0.2, 0.25) is 6.10 Å². The molecule has 3 aromatic rings. The van der Waals surface area contributed by atoms with Crippen molar-refractivity contribution in [1.29, 1.82) is 0 Å². The number of fused-ring (bicyclic) bond motifs is 1. The first-order valence-corrected chi connectivity index (χ1v) is 9.95. The fourth-order valence-electron chi connectivity index (χ4n) is 3.23. The van der Waals surface area contributed by atoms with E-state index in [0.717, 1.165) is 12.1 Å². The van der Waals surface area contributed by atoms with E-state index in [4.69, 9.17) is 14.2 Å². The SMILES string of the molecule is O=C(OC(C(=O)Nc1cccc(C(F)(F)F)c1)c1ccccc1)c1ccc2c(c1)OCCO2. The molecule has 1 heterocycles. The number of alkyl halides is 3. The fourth-order valence-corrected chi connectivity index (χ4v) is 3.23. The highest BCUT2D eigenvalue weighted by molar-refractivity contribution is 5.98. The number of hydrogen-bond acceptors (Lipinski definition) is 5. The molecule has 0 spiro atoms. The molecule has 1 unspecified atom stereocenters. The normalized spacial score (nSPS) is 13.7. The highest BCUT2D eigenvalue weighted by Gasteiger charge is 2.31. The van der Waals surface area contributed by atoms with Crippen molar-refractivity contribution in [1.82, 2.24) is 0 Å². The van der Waals surface area contributed by atoms with Crippen molar-refractivity contribution in [2.24, 2.45) is 0 Å². The number of carbonyl (C=O) groups excluding carboxylic acids is 2. The van der Waals surface area contributed by atoms with E-state index in [2.05, 4.69) is 5.32 Å². The Morgan fingerprint density at radius 2 is 1.61 bits per heavy atom. The van der Waals surface area contributed by atoms with Crippen molar-refractivity contribution in [2.45, 2.75) is 12.3 Å². The minimum absolute atomic E-state index is 0.0777. The van der Waals surface area contributed by atoms with Gasteiger partial charge in [0.25, 0.3) is 5.91 Å². The highest BCUT2D eigenvalue weighted by Crippen LogP contribution is 2.33. The van der Waals surface area contributed by atoms with Crippen LogP contribution in [0.15, 0.2) is 72.8 Å². The monoisotopic (exact) mass is 457 g/mol. The maximum Gasteiger partial charge on any atom is 0.416 e. The number of halogens is 3. The molecule has 3 aromatic carbocycles. The van der Waals surface area contributed by atoms with Crippen LogP contribution in [0.25, 0.3) is 0 Å². The third kappa shape index (κ3) is 5.25. The van der Waals surface area contributed by atoms with Gasteiger partial charge in [-0.05, 0) is 36.4 Å². The van der Waals surface area contributed by atoms with Gasteiger partial charge in [0.05, 0.1) is 11.1 Å². The molecular formula is C24H18F3NO5. The number of anilines is 1. The number of carbonyl (C=O) groups is 2. The molecule has 9 heteroatoms. The van der Waals surface area contributed by atoms with Gasteiger partial charge < -0.3 is 19.5 Å². The molecule has 0 radical (unpaired) electrons. The molecule has 0 saturated carbocycles. The van der Waals surface area contributed by atoms with E-state index >= 15 is 0 Å². The predicted octanol–water partition coefficient (Wildman–Crippen LogP) is 5.01. The third-order valence-corrected chi connectivity index (χ3v) is 4.80. The van der Waals surface area contributed by atoms with Gasteiger partial charge in [0, 0.05) is 11.3 Å². The summed E-state index contributed by atoms with van der Waals surface area (Å²) >= 11 is 0. The zero-order chi connectivity index (χ0) is 23.4. The molecule has 0 fully saturated rings. The summed E-state index contributed by atoms with van der Waals surface area (Å²) in [6.07, 6.45) is -5.97. The minimum atomic E-state index is -4.57. The number of amides is 1. The molecule has 0 aromatic heterocycles. The number of ether oxygens (including phenoxy) is 3. The van der Waals surface area contributed by atoms with E-state index in [1.165, 1.54) is 24.3 Å². The van der Waals surface area contributed by atoms with Gasteiger partial charge in [0.1, 0.15) is 13.2 Å². The van der Waals surface area contributed by atoms with Crippen molar-refractivity contribution < 1.29 is 37.0 Å². The fraction of sp³-hybridized carbons (Fsp3) is 0.167. The van der Waals surface area contributed by atoms with E-state index in [1.807, 2.05) is 0 Å². The number of esters is 1. The van der Waals surface area contributed by atoms with Gasteiger partial charge >= 0.3 is 12.1 Å². The summed E-state index contributed by atoms with van der Waals surface area (Å²) in [4.78, 5) is 25.8. The summed E-state index contributed by atoms with van der Waals surface area (Å²) in [5.74, 6) is -0.744. The van der Waals surface area contributed by atoms with Gasteiger partial charge in [-0.2, -0.15) is 13.2 Å². The second kappa shape index (κ2) is 9.23. The molecule has 1 amide bonds. The molecule has 1 N–H and O–H groups in total. The van der Waals surface area contributed by atoms with Crippen LogP contribution in [0, 0.1) is 0 Å². The van der Waals surface area contributed by atoms with Crippen LogP contribution in [-0.4, -0.2) is 25.1 Å². The molecule has 33 heavy (non-hydrogen) atoms. The molecule has 0 aliphatic carbocycles. The molecule has 1 atom stereocenters. The van der Waals surface area contributed by atoms with Gasteiger partial charge in [-0.25, -0.2) is 4.79 Å². The predicted molar refractivity (Wildman–Crippen MR) is 112 cm³/mol. The van der Waals surface area contributed by atoms with Gasteiger partial charge in [-0.15, -0.1) is 0 Å². The quantitative estimate of drug-likeness (QED) is 0.545. The number of rotatable bonds is 5. The number of benzene rings is 3. The first-order chi connectivity index (χ1) is 15.8. The van der Waals surface area contributed by atoms with E-state index < -0.39 is 29.7 Å². The molecule has 1 aliphatic heterocycles. The summed E-state index contributed by atoms with van der Waals surface area (Å²) in [5.41, 5.74) is -0.504. The maximum absolute atomic E-state index is 13.0. The van der Waals surface area contributed by atoms with Crippen LogP contribution in [0.4, 0.5) is 18.9 Å². The zero-order valence-corrected chi connectivity index (χ0v) is 17.1. The standard InChI is InChI=1S/C24H18F3NO5/c25-24(26,27)17-7-4-8-18(14-17)28-22(29)21(15-5-2-1-3-6-15)33-23(30)16-9-10-19-20(13-16)32-12-11-31-19/h1-10,13-14,21H,11-12H2,(H,28,29). The zero-order valence-electron chi connectivity index (χ0n) is 17.1. The Hall–Kier alpha value is -4.01. The third-order valence-electron chi connectivity index (χ3n) is 4.80. The van der Waals surface area contributed by atoms with Crippen molar-refractivity contribution in [3.05, 3.63) is 89.5 Å². The van der Waals surface area contributed by atoms with Crippen LogP contribution in [0.1, 0.15) is 27.6 Å². The lowest BCUT2D eigenvalue weighted by Crippen LogP contribution is -2.26. The van der Waals surface area contributed by atoms with Crippen molar-refractivity contribution >= 4 is 17.6 Å².